The van der Waals surface area contributed by atoms with Crippen molar-refractivity contribution in [2.24, 2.45) is 4.99 Å². The Labute approximate surface area is 104 Å². The highest BCUT2D eigenvalue weighted by Gasteiger charge is 2.08. The Kier molecular flexibility index (Phi) is 3.63. The number of allylic oxidation sites excluding steroid dienone is 1. The van der Waals surface area contributed by atoms with Crippen LogP contribution in [0.3, 0.4) is 0 Å². The second kappa shape index (κ2) is 5.18. The standard InChI is InChI=1S/C11H14N4OS/c1-8-3-4-15(7-13-8)6-9-5-12-11(17-2)14-10(9)16/h3-5H,6-7H2,1-2H3,(H,12,14,16). The van der Waals surface area contributed by atoms with Gasteiger partial charge in [-0.25, -0.2) is 4.98 Å². The van der Waals surface area contributed by atoms with E-state index in [2.05, 4.69) is 15.0 Å². The molecule has 2 heterocycles. The molecule has 0 fully saturated rings. The van der Waals surface area contributed by atoms with Crippen LogP contribution in [0.2, 0.25) is 0 Å². The van der Waals surface area contributed by atoms with Crippen LogP contribution in [0.1, 0.15) is 12.5 Å². The number of hydrogen-bond donors (Lipinski definition) is 1. The van der Waals surface area contributed by atoms with Crippen LogP contribution in [-0.2, 0) is 6.54 Å². The highest BCUT2D eigenvalue weighted by Crippen LogP contribution is 2.07. The molecule has 0 aromatic carbocycles. The van der Waals surface area contributed by atoms with E-state index >= 15 is 0 Å². The third-order valence-corrected chi connectivity index (χ3v) is 3.04. The van der Waals surface area contributed by atoms with Crippen LogP contribution < -0.4 is 5.56 Å². The lowest BCUT2D eigenvalue weighted by atomic mass is 10.3. The molecule has 1 aliphatic rings. The summed E-state index contributed by atoms with van der Waals surface area (Å²) in [4.78, 5) is 24.9. The van der Waals surface area contributed by atoms with Gasteiger partial charge in [-0.1, -0.05) is 11.8 Å². The van der Waals surface area contributed by atoms with E-state index in [-0.39, 0.29) is 5.56 Å². The van der Waals surface area contributed by atoms with Crippen molar-refractivity contribution in [1.82, 2.24) is 14.9 Å². The minimum Gasteiger partial charge on any atom is -0.354 e. The first-order chi connectivity index (χ1) is 8.19. The zero-order valence-electron chi connectivity index (χ0n) is 9.80. The first-order valence-corrected chi connectivity index (χ1v) is 6.47. The van der Waals surface area contributed by atoms with E-state index in [9.17, 15) is 4.79 Å². The molecule has 5 nitrogen and oxygen atoms in total. The van der Waals surface area contributed by atoms with Gasteiger partial charge in [-0.05, 0) is 19.3 Å². The number of nitrogens with zero attached hydrogens (tertiary/aromatic N) is 3. The summed E-state index contributed by atoms with van der Waals surface area (Å²) in [7, 11) is 0. The van der Waals surface area contributed by atoms with Gasteiger partial charge in [0.15, 0.2) is 5.16 Å². The summed E-state index contributed by atoms with van der Waals surface area (Å²) in [5.74, 6) is 0. The van der Waals surface area contributed by atoms with E-state index < -0.39 is 0 Å². The first-order valence-electron chi connectivity index (χ1n) is 5.24. The molecule has 2 rings (SSSR count). The zero-order valence-corrected chi connectivity index (χ0v) is 10.6. The van der Waals surface area contributed by atoms with Gasteiger partial charge in [0.2, 0.25) is 0 Å². The van der Waals surface area contributed by atoms with Crippen LogP contribution >= 0.6 is 11.8 Å². The number of aromatic amines is 1. The Bertz CT molecular complexity index is 520. The van der Waals surface area contributed by atoms with E-state index in [1.807, 2.05) is 30.4 Å². The number of thioether (sulfide) groups is 1. The Balaban J connectivity index is 2.10. The van der Waals surface area contributed by atoms with Gasteiger partial charge >= 0.3 is 0 Å². The highest BCUT2D eigenvalue weighted by molar-refractivity contribution is 7.98. The van der Waals surface area contributed by atoms with Crippen molar-refractivity contribution in [3.05, 3.63) is 34.4 Å². The van der Waals surface area contributed by atoms with Gasteiger partial charge in [-0.15, -0.1) is 0 Å². The summed E-state index contributed by atoms with van der Waals surface area (Å²) in [6.45, 7) is 3.08. The van der Waals surface area contributed by atoms with Gasteiger partial charge in [-0.3, -0.25) is 9.79 Å². The van der Waals surface area contributed by atoms with Crippen LogP contribution in [0.4, 0.5) is 0 Å². The Morgan fingerprint density at radius 3 is 3.00 bits per heavy atom. The first kappa shape index (κ1) is 11.9. The fourth-order valence-electron chi connectivity index (χ4n) is 1.46. The summed E-state index contributed by atoms with van der Waals surface area (Å²) in [5, 5.41) is 0.641. The molecule has 0 atom stereocenters. The smallest absolute Gasteiger partial charge is 0.256 e. The summed E-state index contributed by atoms with van der Waals surface area (Å²) < 4.78 is 0. The minimum absolute atomic E-state index is 0.0796. The molecule has 1 aromatic heterocycles. The summed E-state index contributed by atoms with van der Waals surface area (Å²) in [5.41, 5.74) is 1.58. The van der Waals surface area contributed by atoms with Crippen molar-refractivity contribution in [2.45, 2.75) is 18.6 Å². The largest absolute Gasteiger partial charge is 0.354 e. The molecular formula is C11H14N4OS. The van der Waals surface area contributed by atoms with Gasteiger partial charge < -0.3 is 9.88 Å². The molecule has 0 amide bonds. The maximum atomic E-state index is 11.7. The number of hydrogen-bond acceptors (Lipinski definition) is 5. The molecule has 0 bridgehead atoms. The zero-order chi connectivity index (χ0) is 12.3. The quantitative estimate of drug-likeness (QED) is 0.647. The predicted octanol–water partition coefficient (Wildman–Crippen LogP) is 1.24. The van der Waals surface area contributed by atoms with E-state index in [1.165, 1.54) is 11.8 Å². The molecule has 1 aromatic rings. The Morgan fingerprint density at radius 1 is 1.59 bits per heavy atom. The number of aliphatic imine (C=N–C) groups is 1. The summed E-state index contributed by atoms with van der Waals surface area (Å²) in [6, 6.07) is 0. The predicted molar refractivity (Wildman–Crippen MR) is 69.3 cm³/mol. The monoisotopic (exact) mass is 250 g/mol. The maximum Gasteiger partial charge on any atom is 0.256 e. The fraction of sp³-hybridized carbons (Fsp3) is 0.364. The van der Waals surface area contributed by atoms with Crippen LogP contribution in [0.15, 0.2) is 33.4 Å². The van der Waals surface area contributed by atoms with E-state index in [0.29, 0.717) is 23.9 Å². The van der Waals surface area contributed by atoms with E-state index in [0.717, 1.165) is 5.71 Å². The normalized spacial score (nSPS) is 14.9. The highest BCUT2D eigenvalue weighted by atomic mass is 32.2. The topological polar surface area (TPSA) is 61.4 Å². The minimum atomic E-state index is -0.0796. The van der Waals surface area contributed by atoms with Gasteiger partial charge in [0.25, 0.3) is 5.56 Å². The molecule has 0 radical (unpaired) electrons. The van der Waals surface area contributed by atoms with Gasteiger partial charge in [0.1, 0.15) is 6.67 Å². The third-order valence-electron chi connectivity index (χ3n) is 2.44. The number of H-pyrrole nitrogens is 1. The molecule has 0 aliphatic carbocycles. The van der Waals surface area contributed by atoms with Crippen molar-refractivity contribution in [1.29, 1.82) is 0 Å². The molecular weight excluding hydrogens is 236 g/mol. The van der Waals surface area contributed by atoms with Crippen molar-refractivity contribution in [2.75, 3.05) is 12.9 Å². The lowest BCUT2D eigenvalue weighted by Gasteiger charge is -2.20. The second-order valence-electron chi connectivity index (χ2n) is 3.75. The average Bonchev–Trinajstić information content (AvgIpc) is 2.34. The number of aromatic nitrogens is 2. The fourth-order valence-corrected chi connectivity index (χ4v) is 1.81. The Hall–Kier alpha value is -1.56. The molecule has 0 saturated heterocycles. The van der Waals surface area contributed by atoms with Gasteiger partial charge in [0.05, 0.1) is 12.1 Å². The molecule has 6 heteroatoms. The van der Waals surface area contributed by atoms with Gasteiger partial charge in [0, 0.05) is 18.1 Å². The number of nitrogens with one attached hydrogen (secondary N) is 1. The van der Waals surface area contributed by atoms with Crippen LogP contribution in [-0.4, -0.2) is 33.5 Å². The molecule has 1 N–H and O–H groups in total. The molecule has 0 saturated carbocycles. The lowest BCUT2D eigenvalue weighted by molar-refractivity contribution is 0.375. The SMILES string of the molecule is CSc1ncc(CN2C=CC(C)=NC2)c(=O)[nH]1. The molecule has 1 aliphatic heterocycles. The Morgan fingerprint density at radius 2 is 2.41 bits per heavy atom. The van der Waals surface area contributed by atoms with E-state index in [4.69, 9.17) is 0 Å². The molecule has 0 unspecified atom stereocenters. The van der Waals surface area contributed by atoms with Crippen molar-refractivity contribution in [3.8, 4) is 0 Å². The molecule has 0 spiro atoms. The third kappa shape index (κ3) is 2.97. The van der Waals surface area contributed by atoms with Crippen LogP contribution in [0.5, 0.6) is 0 Å². The number of rotatable bonds is 3. The average molecular weight is 250 g/mol. The summed E-state index contributed by atoms with van der Waals surface area (Å²) >= 11 is 1.42. The van der Waals surface area contributed by atoms with Crippen LogP contribution in [0.25, 0.3) is 0 Å². The lowest BCUT2D eigenvalue weighted by Crippen LogP contribution is -2.25. The van der Waals surface area contributed by atoms with Crippen molar-refractivity contribution in [3.63, 3.8) is 0 Å². The maximum absolute atomic E-state index is 11.7. The molecule has 17 heavy (non-hydrogen) atoms. The molecule has 90 valence electrons. The summed E-state index contributed by atoms with van der Waals surface area (Å²) in [6.07, 6.45) is 7.39. The van der Waals surface area contributed by atoms with Crippen molar-refractivity contribution >= 4 is 17.5 Å². The van der Waals surface area contributed by atoms with Gasteiger partial charge in [-0.2, -0.15) is 0 Å². The van der Waals surface area contributed by atoms with Crippen molar-refractivity contribution < 1.29 is 0 Å². The van der Waals surface area contributed by atoms with E-state index in [1.54, 1.807) is 6.20 Å². The van der Waals surface area contributed by atoms with Crippen LogP contribution in [0, 0.1) is 0 Å². The second-order valence-corrected chi connectivity index (χ2v) is 4.55.